The van der Waals surface area contributed by atoms with Crippen molar-refractivity contribution in [2.75, 3.05) is 7.11 Å². The van der Waals surface area contributed by atoms with E-state index in [9.17, 15) is 13.2 Å². The minimum absolute atomic E-state index is 0.0735. The van der Waals surface area contributed by atoms with Crippen LogP contribution in [0.5, 0.6) is 5.88 Å². The number of ether oxygens (including phenoxy) is 1. The zero-order valence-corrected chi connectivity index (χ0v) is 9.03. The smallest absolute Gasteiger partial charge is 0.421 e. The van der Waals surface area contributed by atoms with Gasteiger partial charge in [-0.05, 0) is 28.4 Å². The molecule has 0 bridgehead atoms. The summed E-state index contributed by atoms with van der Waals surface area (Å²) in [7, 11) is 1.16. The van der Waals surface area contributed by atoms with Crippen LogP contribution in [0.4, 0.5) is 13.2 Å². The summed E-state index contributed by atoms with van der Waals surface area (Å²) in [4.78, 5) is 3.53. The Morgan fingerprint density at radius 2 is 2.00 bits per heavy atom. The number of hydrogen-bond donors (Lipinski definition) is 0. The van der Waals surface area contributed by atoms with Crippen LogP contribution >= 0.6 is 15.9 Å². The highest BCUT2D eigenvalue weighted by molar-refractivity contribution is 9.10. The van der Waals surface area contributed by atoms with Crippen LogP contribution in [0, 0.1) is 6.92 Å². The lowest BCUT2D eigenvalue weighted by Gasteiger charge is -2.14. The molecule has 0 aliphatic rings. The molecule has 1 aromatic heterocycles. The van der Waals surface area contributed by atoms with Crippen LogP contribution in [0.25, 0.3) is 0 Å². The second-order valence-electron chi connectivity index (χ2n) is 2.61. The van der Waals surface area contributed by atoms with E-state index in [0.29, 0.717) is 4.47 Å². The summed E-state index contributed by atoms with van der Waals surface area (Å²) in [6, 6.07) is 0. The van der Waals surface area contributed by atoms with Gasteiger partial charge in [0.2, 0.25) is 5.88 Å². The molecule has 0 aromatic carbocycles. The minimum atomic E-state index is -4.45. The highest BCUT2D eigenvalue weighted by Gasteiger charge is 2.37. The summed E-state index contributed by atoms with van der Waals surface area (Å²) in [6.45, 7) is 1.36. The molecule has 0 aliphatic carbocycles. The molecule has 0 N–H and O–H groups in total. The van der Waals surface area contributed by atoms with Crippen molar-refractivity contribution in [1.29, 1.82) is 0 Å². The molecule has 0 unspecified atom stereocenters. The number of methoxy groups -OCH3 is 1. The van der Waals surface area contributed by atoms with Gasteiger partial charge in [-0.15, -0.1) is 0 Å². The fraction of sp³-hybridized carbons (Fsp3) is 0.375. The van der Waals surface area contributed by atoms with E-state index < -0.39 is 17.6 Å². The molecule has 14 heavy (non-hydrogen) atoms. The van der Waals surface area contributed by atoms with Gasteiger partial charge in [0.15, 0.2) is 0 Å². The van der Waals surface area contributed by atoms with E-state index in [-0.39, 0.29) is 5.56 Å². The number of rotatable bonds is 1. The summed E-state index contributed by atoms with van der Waals surface area (Å²) in [5.74, 6) is -0.404. The van der Waals surface area contributed by atoms with Gasteiger partial charge < -0.3 is 4.74 Å². The maximum absolute atomic E-state index is 12.5. The van der Waals surface area contributed by atoms with Crippen molar-refractivity contribution in [3.05, 3.63) is 21.8 Å². The van der Waals surface area contributed by atoms with E-state index in [0.717, 1.165) is 7.11 Å². The summed E-state index contributed by atoms with van der Waals surface area (Å²) < 4.78 is 42.5. The average Bonchev–Trinajstić information content (AvgIpc) is 2.07. The van der Waals surface area contributed by atoms with E-state index >= 15 is 0 Å². The van der Waals surface area contributed by atoms with Gasteiger partial charge >= 0.3 is 6.18 Å². The predicted molar refractivity (Wildman–Crippen MR) is 48.2 cm³/mol. The Bertz CT molecular complexity index is 351. The largest absolute Gasteiger partial charge is 0.481 e. The van der Waals surface area contributed by atoms with Crippen LogP contribution in [-0.4, -0.2) is 12.1 Å². The molecule has 1 rings (SSSR count). The van der Waals surface area contributed by atoms with Crippen LogP contribution in [-0.2, 0) is 6.18 Å². The molecule has 1 aromatic rings. The molecule has 0 spiro atoms. The van der Waals surface area contributed by atoms with Gasteiger partial charge in [0.25, 0.3) is 0 Å². The number of pyridine rings is 1. The fourth-order valence-electron chi connectivity index (χ4n) is 1.05. The summed E-state index contributed by atoms with van der Waals surface area (Å²) in [6.07, 6.45) is -3.17. The van der Waals surface area contributed by atoms with Crippen molar-refractivity contribution >= 4 is 15.9 Å². The van der Waals surface area contributed by atoms with Crippen LogP contribution in [0.2, 0.25) is 0 Å². The second kappa shape index (κ2) is 3.76. The Labute approximate surface area is 87.2 Å². The topological polar surface area (TPSA) is 22.1 Å². The van der Waals surface area contributed by atoms with E-state index in [1.54, 1.807) is 0 Å². The van der Waals surface area contributed by atoms with E-state index in [1.165, 1.54) is 13.1 Å². The van der Waals surface area contributed by atoms with E-state index in [2.05, 4.69) is 25.7 Å². The molecular weight excluding hydrogens is 263 g/mol. The SMILES string of the molecule is COc1ncc(Br)c(C)c1C(F)(F)F. The lowest BCUT2D eigenvalue weighted by Crippen LogP contribution is -2.11. The van der Waals surface area contributed by atoms with Gasteiger partial charge in [-0.3, -0.25) is 0 Å². The molecule has 78 valence electrons. The Balaban J connectivity index is 3.44. The maximum Gasteiger partial charge on any atom is 0.421 e. The van der Waals surface area contributed by atoms with E-state index in [4.69, 9.17) is 0 Å². The first-order chi connectivity index (χ1) is 6.38. The Kier molecular flexibility index (Phi) is 3.04. The second-order valence-corrected chi connectivity index (χ2v) is 3.47. The van der Waals surface area contributed by atoms with Crippen LogP contribution < -0.4 is 4.74 Å². The standard InChI is InChI=1S/C8H7BrF3NO/c1-4-5(9)3-13-7(14-2)6(4)8(10,11)12/h3H,1-2H3. The molecule has 2 nitrogen and oxygen atoms in total. The first kappa shape index (κ1) is 11.3. The molecule has 6 heteroatoms. The van der Waals surface area contributed by atoms with Crippen LogP contribution in [0.3, 0.4) is 0 Å². The number of aromatic nitrogens is 1. The highest BCUT2D eigenvalue weighted by Crippen LogP contribution is 2.39. The van der Waals surface area contributed by atoms with Gasteiger partial charge in [0, 0.05) is 10.7 Å². The Morgan fingerprint density at radius 1 is 1.43 bits per heavy atom. The quantitative estimate of drug-likeness (QED) is 0.781. The van der Waals surface area contributed by atoms with Gasteiger partial charge in [-0.2, -0.15) is 13.2 Å². The Hall–Kier alpha value is -0.780. The lowest BCUT2D eigenvalue weighted by atomic mass is 10.1. The molecule has 0 aliphatic heterocycles. The molecular formula is C8H7BrF3NO. The third kappa shape index (κ3) is 2.00. The molecule has 0 saturated heterocycles. The van der Waals surface area contributed by atoms with Gasteiger partial charge in [0.1, 0.15) is 5.56 Å². The molecule has 0 fully saturated rings. The molecule has 0 radical (unpaired) electrons. The van der Waals surface area contributed by atoms with Crippen molar-refractivity contribution in [3.63, 3.8) is 0 Å². The minimum Gasteiger partial charge on any atom is -0.481 e. The summed E-state index contributed by atoms with van der Waals surface area (Å²) >= 11 is 2.98. The van der Waals surface area contributed by atoms with Crippen molar-refractivity contribution in [1.82, 2.24) is 4.98 Å². The van der Waals surface area contributed by atoms with Crippen LogP contribution in [0.1, 0.15) is 11.1 Å². The molecule has 0 saturated carbocycles. The number of alkyl halides is 3. The average molecular weight is 270 g/mol. The molecule has 0 atom stereocenters. The zero-order valence-electron chi connectivity index (χ0n) is 7.44. The summed E-state index contributed by atoms with van der Waals surface area (Å²) in [5, 5.41) is 0. The van der Waals surface area contributed by atoms with Gasteiger partial charge in [-0.25, -0.2) is 4.98 Å². The predicted octanol–water partition coefficient (Wildman–Crippen LogP) is 3.18. The number of halogens is 4. The molecule has 1 heterocycles. The third-order valence-electron chi connectivity index (χ3n) is 1.72. The maximum atomic E-state index is 12.5. The van der Waals surface area contributed by atoms with Crippen molar-refractivity contribution < 1.29 is 17.9 Å². The fourth-order valence-corrected chi connectivity index (χ4v) is 1.35. The first-order valence-corrected chi connectivity index (χ1v) is 4.43. The molecule has 0 amide bonds. The normalized spacial score (nSPS) is 11.6. The number of hydrogen-bond acceptors (Lipinski definition) is 2. The number of nitrogens with zero attached hydrogens (tertiary/aromatic N) is 1. The summed E-state index contributed by atoms with van der Waals surface area (Å²) in [5.41, 5.74) is -0.765. The van der Waals surface area contributed by atoms with Crippen LogP contribution in [0.15, 0.2) is 10.7 Å². The lowest BCUT2D eigenvalue weighted by molar-refractivity contribution is -0.139. The van der Waals surface area contributed by atoms with E-state index in [1.807, 2.05) is 0 Å². The highest BCUT2D eigenvalue weighted by atomic mass is 79.9. The van der Waals surface area contributed by atoms with Crippen molar-refractivity contribution in [3.8, 4) is 5.88 Å². The van der Waals surface area contributed by atoms with Crippen molar-refractivity contribution in [2.45, 2.75) is 13.1 Å². The Morgan fingerprint density at radius 3 is 2.43 bits per heavy atom. The van der Waals surface area contributed by atoms with Gasteiger partial charge in [0.05, 0.1) is 7.11 Å². The first-order valence-electron chi connectivity index (χ1n) is 3.64. The monoisotopic (exact) mass is 269 g/mol. The van der Waals surface area contributed by atoms with Crippen molar-refractivity contribution in [2.24, 2.45) is 0 Å². The van der Waals surface area contributed by atoms with Gasteiger partial charge in [-0.1, -0.05) is 0 Å². The third-order valence-corrected chi connectivity index (χ3v) is 2.52. The zero-order chi connectivity index (χ0) is 10.9.